The Kier molecular flexibility index (Phi) is 4.42. The Balaban J connectivity index is 1.29. The number of thiazole rings is 1. The predicted molar refractivity (Wildman–Crippen MR) is 113 cm³/mol. The van der Waals surface area contributed by atoms with Crippen LogP contribution in [0, 0.1) is 17.2 Å². The second-order valence-corrected chi connectivity index (χ2v) is 7.68. The van der Waals surface area contributed by atoms with E-state index in [4.69, 9.17) is 10.00 Å². The number of ether oxygens (including phenoxy) is 1. The first-order valence-electron chi connectivity index (χ1n) is 9.14. The maximum Gasteiger partial charge on any atom is 0.263 e. The van der Waals surface area contributed by atoms with Gasteiger partial charge in [-0.1, -0.05) is 23.5 Å². The molecule has 142 valence electrons. The van der Waals surface area contributed by atoms with E-state index < -0.39 is 0 Å². The first-order chi connectivity index (χ1) is 14.3. The van der Waals surface area contributed by atoms with Crippen molar-refractivity contribution in [2.45, 2.75) is 0 Å². The van der Waals surface area contributed by atoms with Crippen LogP contribution in [0.25, 0.3) is 10.2 Å². The lowest BCUT2D eigenvalue weighted by atomic mass is 10.0. The number of aromatic nitrogens is 3. The monoisotopic (exact) mass is 400 g/mol. The van der Waals surface area contributed by atoms with Crippen LogP contribution in [0.15, 0.2) is 60.9 Å². The summed E-state index contributed by atoms with van der Waals surface area (Å²) >= 11 is 1.61. The van der Waals surface area contributed by atoms with Gasteiger partial charge in [-0.3, -0.25) is 0 Å². The fourth-order valence-corrected chi connectivity index (χ4v) is 3.99. The number of nitrogens with one attached hydrogen (secondary N) is 1. The van der Waals surface area contributed by atoms with Crippen molar-refractivity contribution >= 4 is 38.2 Å². The zero-order chi connectivity index (χ0) is 19.6. The van der Waals surface area contributed by atoms with E-state index in [1.807, 2.05) is 47.4 Å². The van der Waals surface area contributed by atoms with Crippen molar-refractivity contribution < 1.29 is 4.74 Å². The molecule has 4 aromatic rings. The van der Waals surface area contributed by atoms with Crippen LogP contribution in [0.3, 0.4) is 0 Å². The quantitative estimate of drug-likeness (QED) is 0.524. The third-order valence-corrected chi connectivity index (χ3v) is 5.58. The van der Waals surface area contributed by atoms with E-state index in [9.17, 15) is 0 Å². The molecule has 0 amide bonds. The van der Waals surface area contributed by atoms with Gasteiger partial charge >= 0.3 is 0 Å². The van der Waals surface area contributed by atoms with E-state index in [0.29, 0.717) is 30.5 Å². The van der Waals surface area contributed by atoms with Crippen molar-refractivity contribution in [3.05, 3.63) is 60.9 Å². The SMILES string of the molecule is N#CC1CN(c2nccnc2Oc2ccc(Nc3nc4ccccc4s3)cc2)C1. The number of hydrogen-bond acceptors (Lipinski definition) is 8. The van der Waals surface area contributed by atoms with Crippen LogP contribution < -0.4 is 15.0 Å². The number of hydrogen-bond donors (Lipinski definition) is 1. The van der Waals surface area contributed by atoms with E-state index in [0.717, 1.165) is 21.0 Å². The van der Waals surface area contributed by atoms with E-state index in [1.54, 1.807) is 23.7 Å². The lowest BCUT2D eigenvalue weighted by Gasteiger charge is -2.36. The van der Waals surface area contributed by atoms with E-state index in [-0.39, 0.29) is 5.92 Å². The van der Waals surface area contributed by atoms with Gasteiger partial charge in [0, 0.05) is 31.2 Å². The maximum atomic E-state index is 8.97. The van der Waals surface area contributed by atoms with E-state index >= 15 is 0 Å². The Bertz CT molecular complexity index is 1160. The molecule has 5 rings (SSSR count). The molecule has 2 aromatic carbocycles. The second-order valence-electron chi connectivity index (χ2n) is 6.65. The highest BCUT2D eigenvalue weighted by Crippen LogP contribution is 2.33. The first kappa shape index (κ1) is 17.4. The van der Waals surface area contributed by atoms with Crippen molar-refractivity contribution in [2.24, 2.45) is 5.92 Å². The zero-order valence-electron chi connectivity index (χ0n) is 15.3. The van der Waals surface area contributed by atoms with Crippen molar-refractivity contribution in [3.8, 4) is 17.7 Å². The highest BCUT2D eigenvalue weighted by Gasteiger charge is 2.30. The topological polar surface area (TPSA) is 87.0 Å². The molecule has 0 unspecified atom stereocenters. The Morgan fingerprint density at radius 3 is 2.66 bits per heavy atom. The fraction of sp³-hybridized carbons (Fsp3) is 0.143. The minimum Gasteiger partial charge on any atom is -0.436 e. The fourth-order valence-electron chi connectivity index (χ4n) is 3.11. The summed E-state index contributed by atoms with van der Waals surface area (Å²) in [6, 6.07) is 18.0. The highest BCUT2D eigenvalue weighted by molar-refractivity contribution is 7.22. The minimum absolute atomic E-state index is 0.0396. The standard InChI is InChI=1S/C21H16N6OS/c22-11-14-12-27(13-14)19-20(24-10-9-23-19)28-16-7-5-15(6-8-16)25-21-26-17-3-1-2-4-18(17)29-21/h1-10,14H,12-13H2,(H,25,26). The van der Waals surface area contributed by atoms with Gasteiger partial charge in [-0.05, 0) is 36.4 Å². The summed E-state index contributed by atoms with van der Waals surface area (Å²) in [5.41, 5.74) is 1.91. The Hall–Kier alpha value is -3.70. The Morgan fingerprint density at radius 1 is 1.07 bits per heavy atom. The zero-order valence-corrected chi connectivity index (χ0v) is 16.1. The van der Waals surface area contributed by atoms with Crippen LogP contribution in [-0.2, 0) is 0 Å². The summed E-state index contributed by atoms with van der Waals surface area (Å²) in [6.07, 6.45) is 3.23. The molecule has 0 aliphatic carbocycles. The molecule has 1 saturated heterocycles. The summed E-state index contributed by atoms with van der Waals surface area (Å²) in [7, 11) is 0. The molecule has 0 atom stereocenters. The molecular formula is C21H16N6OS. The van der Waals surface area contributed by atoms with Crippen LogP contribution >= 0.6 is 11.3 Å². The van der Waals surface area contributed by atoms with E-state index in [1.165, 1.54) is 0 Å². The average molecular weight is 400 g/mol. The molecule has 0 saturated carbocycles. The van der Waals surface area contributed by atoms with Crippen LogP contribution in [-0.4, -0.2) is 28.0 Å². The van der Waals surface area contributed by atoms with Crippen LogP contribution in [0.1, 0.15) is 0 Å². The minimum atomic E-state index is 0.0396. The van der Waals surface area contributed by atoms with Gasteiger partial charge < -0.3 is 15.0 Å². The van der Waals surface area contributed by atoms with Gasteiger partial charge in [0.05, 0.1) is 22.2 Å². The third-order valence-electron chi connectivity index (χ3n) is 4.62. The normalized spacial score (nSPS) is 13.7. The molecule has 0 bridgehead atoms. The smallest absolute Gasteiger partial charge is 0.263 e. The van der Waals surface area contributed by atoms with Crippen molar-refractivity contribution in [2.75, 3.05) is 23.3 Å². The number of benzene rings is 2. The van der Waals surface area contributed by atoms with Crippen LogP contribution in [0.2, 0.25) is 0 Å². The van der Waals surface area contributed by atoms with E-state index in [2.05, 4.69) is 32.4 Å². The Labute approximate surface area is 171 Å². The molecule has 0 spiro atoms. The maximum absolute atomic E-state index is 8.97. The van der Waals surface area contributed by atoms with Crippen LogP contribution in [0.5, 0.6) is 11.6 Å². The van der Waals surface area contributed by atoms with Gasteiger partial charge in [0.25, 0.3) is 5.88 Å². The van der Waals surface area contributed by atoms with Gasteiger partial charge in [0.2, 0.25) is 0 Å². The summed E-state index contributed by atoms with van der Waals surface area (Å²) in [4.78, 5) is 15.3. The molecular weight excluding hydrogens is 384 g/mol. The molecule has 1 fully saturated rings. The average Bonchev–Trinajstić information content (AvgIpc) is 3.12. The molecule has 8 heteroatoms. The molecule has 3 heterocycles. The molecule has 0 radical (unpaired) electrons. The molecule has 7 nitrogen and oxygen atoms in total. The molecule has 1 aliphatic heterocycles. The predicted octanol–water partition coefficient (Wildman–Crippen LogP) is 4.58. The Morgan fingerprint density at radius 2 is 1.86 bits per heavy atom. The van der Waals surface area contributed by atoms with Crippen molar-refractivity contribution in [3.63, 3.8) is 0 Å². The number of rotatable bonds is 5. The lowest BCUT2D eigenvalue weighted by Crippen LogP contribution is -2.46. The molecule has 29 heavy (non-hydrogen) atoms. The summed E-state index contributed by atoms with van der Waals surface area (Å²) in [5.74, 6) is 1.81. The van der Waals surface area contributed by atoms with Gasteiger partial charge in [0.1, 0.15) is 5.75 Å². The summed E-state index contributed by atoms with van der Waals surface area (Å²) in [6.45, 7) is 1.30. The van der Waals surface area contributed by atoms with Gasteiger partial charge in [-0.15, -0.1) is 0 Å². The number of fused-ring (bicyclic) bond motifs is 1. The first-order valence-corrected chi connectivity index (χ1v) is 9.96. The summed E-state index contributed by atoms with van der Waals surface area (Å²) < 4.78 is 7.10. The summed E-state index contributed by atoms with van der Waals surface area (Å²) in [5, 5.41) is 13.2. The highest BCUT2D eigenvalue weighted by atomic mass is 32.1. The second kappa shape index (κ2) is 7.37. The number of anilines is 3. The number of nitrogens with zero attached hydrogens (tertiary/aromatic N) is 5. The largest absolute Gasteiger partial charge is 0.436 e. The van der Waals surface area contributed by atoms with Crippen molar-refractivity contribution in [1.29, 1.82) is 5.26 Å². The van der Waals surface area contributed by atoms with Gasteiger partial charge in [-0.25, -0.2) is 15.0 Å². The van der Waals surface area contributed by atoms with Gasteiger partial charge in [0.15, 0.2) is 10.9 Å². The number of para-hydroxylation sites is 1. The van der Waals surface area contributed by atoms with Gasteiger partial charge in [-0.2, -0.15) is 5.26 Å². The lowest BCUT2D eigenvalue weighted by molar-refractivity contribution is 0.441. The van der Waals surface area contributed by atoms with Crippen LogP contribution in [0.4, 0.5) is 16.6 Å². The number of nitriles is 1. The molecule has 2 aromatic heterocycles. The molecule has 1 N–H and O–H groups in total. The van der Waals surface area contributed by atoms with Crippen molar-refractivity contribution in [1.82, 2.24) is 15.0 Å². The third kappa shape index (κ3) is 3.56. The molecule has 1 aliphatic rings.